The molecular formula is C16H36O3. The first-order valence-electron chi connectivity index (χ1n) is 6.49. The van der Waals surface area contributed by atoms with Crippen molar-refractivity contribution in [3.8, 4) is 0 Å². The third kappa shape index (κ3) is 406. The summed E-state index contributed by atoms with van der Waals surface area (Å²) >= 11 is 0. The summed E-state index contributed by atoms with van der Waals surface area (Å²) in [6.45, 7) is 18.6. The summed E-state index contributed by atoms with van der Waals surface area (Å²) in [7, 11) is 1.73. The Hall–Kier alpha value is -0.900. The second-order valence-electron chi connectivity index (χ2n) is 3.02. The summed E-state index contributed by atoms with van der Waals surface area (Å²) in [5.74, 6) is 0. The Bertz CT molecular complexity index is 103. The molecule has 3 heteroatoms. The van der Waals surface area contributed by atoms with Gasteiger partial charge in [0.15, 0.2) is 0 Å². The van der Waals surface area contributed by atoms with Gasteiger partial charge in [0.1, 0.15) is 0 Å². The van der Waals surface area contributed by atoms with Gasteiger partial charge in [-0.3, -0.25) is 0 Å². The van der Waals surface area contributed by atoms with Gasteiger partial charge in [-0.1, -0.05) is 31.6 Å². The molecule has 0 aliphatic carbocycles. The quantitative estimate of drug-likeness (QED) is 0.603. The lowest BCUT2D eigenvalue weighted by Gasteiger charge is -1.89. The minimum absolute atomic E-state index is 0.125. The van der Waals surface area contributed by atoms with Crippen LogP contribution < -0.4 is 0 Å². The van der Waals surface area contributed by atoms with E-state index in [4.69, 9.17) is 14.9 Å². The lowest BCUT2D eigenvalue weighted by atomic mass is 10.4. The van der Waals surface area contributed by atoms with E-state index in [0.717, 1.165) is 6.61 Å². The molecule has 0 aliphatic heterocycles. The van der Waals surface area contributed by atoms with Crippen LogP contribution in [-0.2, 0) is 4.74 Å². The number of allylic oxidation sites excluding steroid dienone is 3. The molecule has 0 aromatic heterocycles. The van der Waals surface area contributed by atoms with Crippen molar-refractivity contribution in [3.63, 3.8) is 0 Å². The highest BCUT2D eigenvalue weighted by atomic mass is 16.5. The van der Waals surface area contributed by atoms with Crippen LogP contribution in [0.5, 0.6) is 0 Å². The maximum atomic E-state index is 7.62. The highest BCUT2D eigenvalue weighted by Crippen LogP contribution is 1.83. The number of hydrogen-bond donors (Lipinski definition) is 2. The monoisotopic (exact) mass is 276 g/mol. The Labute approximate surface area is 121 Å². The van der Waals surface area contributed by atoms with E-state index < -0.39 is 0 Å². The molecule has 0 saturated carbocycles. The van der Waals surface area contributed by atoms with Gasteiger partial charge in [0.2, 0.25) is 0 Å². The molecule has 0 heterocycles. The van der Waals surface area contributed by atoms with Crippen LogP contribution in [0, 0.1) is 0 Å². The standard InChI is InChI=1S/C5H12O.3C3H6.C2H6O2/c1-3-4-5-6-2;3*1-3-2;3-1-2-4/h3-5H2,1-2H3;3*3H,1H2,2H3;3-4H,1-2H2. The summed E-state index contributed by atoms with van der Waals surface area (Å²) in [4.78, 5) is 0. The zero-order valence-corrected chi connectivity index (χ0v) is 13.7. The molecule has 3 nitrogen and oxygen atoms in total. The second kappa shape index (κ2) is 67.6. The summed E-state index contributed by atoms with van der Waals surface area (Å²) in [6, 6.07) is 0. The van der Waals surface area contributed by atoms with Crippen molar-refractivity contribution < 1.29 is 14.9 Å². The van der Waals surface area contributed by atoms with Gasteiger partial charge in [0.25, 0.3) is 0 Å². The molecule has 0 aliphatic rings. The fourth-order valence-electron chi connectivity index (χ4n) is 0.289. The molecule has 0 fully saturated rings. The molecule has 19 heavy (non-hydrogen) atoms. The van der Waals surface area contributed by atoms with Crippen LogP contribution in [0.15, 0.2) is 38.0 Å². The molecule has 0 aromatic rings. The summed E-state index contributed by atoms with van der Waals surface area (Å²) in [5, 5.41) is 15.2. The number of unbranched alkanes of at least 4 members (excludes halogenated alkanes) is 1. The number of ether oxygens (including phenoxy) is 1. The first kappa shape index (κ1) is 30.8. The average Bonchev–Trinajstić information content (AvgIpc) is 2.39. The van der Waals surface area contributed by atoms with E-state index in [1.807, 2.05) is 20.8 Å². The molecular weight excluding hydrogens is 240 g/mol. The molecule has 118 valence electrons. The van der Waals surface area contributed by atoms with E-state index in [2.05, 4.69) is 26.7 Å². The van der Waals surface area contributed by atoms with Crippen LogP contribution in [0.3, 0.4) is 0 Å². The predicted molar refractivity (Wildman–Crippen MR) is 88.6 cm³/mol. The van der Waals surface area contributed by atoms with Gasteiger partial charge >= 0.3 is 0 Å². The van der Waals surface area contributed by atoms with Gasteiger partial charge in [0.05, 0.1) is 13.2 Å². The van der Waals surface area contributed by atoms with Gasteiger partial charge in [-0.15, -0.1) is 19.7 Å². The average molecular weight is 276 g/mol. The van der Waals surface area contributed by atoms with Crippen LogP contribution in [-0.4, -0.2) is 37.1 Å². The first-order valence-corrected chi connectivity index (χ1v) is 6.49. The van der Waals surface area contributed by atoms with Gasteiger partial charge in [-0.2, -0.15) is 0 Å². The van der Waals surface area contributed by atoms with Crippen LogP contribution in [0.25, 0.3) is 0 Å². The van der Waals surface area contributed by atoms with Crippen molar-refractivity contribution in [1.29, 1.82) is 0 Å². The Kier molecular flexibility index (Phi) is 110. The lowest BCUT2D eigenvalue weighted by molar-refractivity contribution is 0.186. The molecule has 0 bridgehead atoms. The van der Waals surface area contributed by atoms with Crippen LogP contribution in [0.1, 0.15) is 40.5 Å². The van der Waals surface area contributed by atoms with E-state index in [9.17, 15) is 0 Å². The van der Waals surface area contributed by atoms with E-state index >= 15 is 0 Å². The van der Waals surface area contributed by atoms with E-state index in [1.54, 1.807) is 25.3 Å². The van der Waals surface area contributed by atoms with E-state index in [0.29, 0.717) is 0 Å². The number of rotatable bonds is 4. The van der Waals surface area contributed by atoms with Crippen molar-refractivity contribution in [3.05, 3.63) is 38.0 Å². The largest absolute Gasteiger partial charge is 0.394 e. The van der Waals surface area contributed by atoms with Crippen molar-refractivity contribution in [2.24, 2.45) is 0 Å². The maximum absolute atomic E-state index is 7.62. The fourth-order valence-corrected chi connectivity index (χ4v) is 0.289. The minimum atomic E-state index is -0.125. The van der Waals surface area contributed by atoms with Gasteiger partial charge < -0.3 is 14.9 Å². The van der Waals surface area contributed by atoms with Gasteiger partial charge in [-0.05, 0) is 27.2 Å². The normalized spacial score (nSPS) is 6.47. The molecule has 0 saturated heterocycles. The Morgan fingerprint density at radius 1 is 0.895 bits per heavy atom. The van der Waals surface area contributed by atoms with Crippen LogP contribution >= 0.6 is 0 Å². The molecule has 2 N–H and O–H groups in total. The highest BCUT2D eigenvalue weighted by Gasteiger charge is 1.74. The van der Waals surface area contributed by atoms with E-state index in [-0.39, 0.29) is 13.2 Å². The maximum Gasteiger partial charge on any atom is 0.0662 e. The number of aliphatic hydroxyl groups is 2. The zero-order valence-electron chi connectivity index (χ0n) is 13.7. The van der Waals surface area contributed by atoms with Crippen molar-refractivity contribution in [1.82, 2.24) is 0 Å². The Morgan fingerprint density at radius 2 is 1.16 bits per heavy atom. The summed E-state index contributed by atoms with van der Waals surface area (Å²) in [5.41, 5.74) is 0. The van der Waals surface area contributed by atoms with Crippen LogP contribution in [0.4, 0.5) is 0 Å². The van der Waals surface area contributed by atoms with E-state index in [1.165, 1.54) is 12.8 Å². The molecule has 0 unspecified atom stereocenters. The molecule has 0 radical (unpaired) electrons. The molecule has 0 amide bonds. The molecule has 0 aromatic carbocycles. The smallest absolute Gasteiger partial charge is 0.0662 e. The third-order valence-corrected chi connectivity index (χ3v) is 0.802. The minimum Gasteiger partial charge on any atom is -0.394 e. The van der Waals surface area contributed by atoms with Crippen molar-refractivity contribution in [2.75, 3.05) is 26.9 Å². The van der Waals surface area contributed by atoms with Crippen molar-refractivity contribution >= 4 is 0 Å². The summed E-state index contributed by atoms with van der Waals surface area (Å²) < 4.78 is 4.78. The third-order valence-electron chi connectivity index (χ3n) is 0.802. The first-order chi connectivity index (χ1) is 9.07. The predicted octanol–water partition coefficient (Wildman–Crippen LogP) is 3.98. The SMILES string of the molecule is C=CC.C=CC.C=CC.CCCCOC.OCCO. The molecule has 0 atom stereocenters. The Balaban J connectivity index is -0.0000000448. The van der Waals surface area contributed by atoms with Gasteiger partial charge in [-0.25, -0.2) is 0 Å². The fraction of sp³-hybridized carbons (Fsp3) is 0.625. The molecule has 0 spiro atoms. The molecule has 0 rings (SSSR count). The zero-order chi connectivity index (χ0) is 16.4. The number of aliphatic hydroxyl groups excluding tert-OH is 2. The highest BCUT2D eigenvalue weighted by molar-refractivity contribution is 4.52. The van der Waals surface area contributed by atoms with Crippen molar-refractivity contribution in [2.45, 2.75) is 40.5 Å². The van der Waals surface area contributed by atoms with Gasteiger partial charge in [0, 0.05) is 13.7 Å². The number of methoxy groups -OCH3 is 1. The topological polar surface area (TPSA) is 49.7 Å². The lowest BCUT2D eigenvalue weighted by Crippen LogP contribution is -1.85. The summed E-state index contributed by atoms with van der Waals surface area (Å²) in [6.07, 6.45) is 7.67. The second-order valence-corrected chi connectivity index (χ2v) is 3.02. The number of hydrogen-bond acceptors (Lipinski definition) is 3. The Morgan fingerprint density at radius 3 is 1.21 bits per heavy atom. The van der Waals surface area contributed by atoms with Crippen LogP contribution in [0.2, 0.25) is 0 Å².